The Morgan fingerprint density at radius 2 is 1.71 bits per heavy atom. The second kappa shape index (κ2) is 6.56. The van der Waals surface area contributed by atoms with Crippen molar-refractivity contribution < 1.29 is 9.13 Å². The molecule has 0 fully saturated rings. The number of hydrogen-bond acceptors (Lipinski definition) is 4. The summed E-state index contributed by atoms with van der Waals surface area (Å²) in [5.74, 6) is 5.46. The molecule has 0 spiro atoms. The Morgan fingerprint density at radius 3 is 2.19 bits per heavy atom. The molecular formula is C16H20FN3O. The minimum absolute atomic E-state index is 0.220. The van der Waals surface area contributed by atoms with Crippen LogP contribution in [0.1, 0.15) is 17.2 Å². The number of nitrogens with two attached hydrogens (primary N) is 1. The summed E-state index contributed by atoms with van der Waals surface area (Å²) in [6.45, 7) is 0. The third kappa shape index (κ3) is 3.32. The molecule has 0 amide bonds. The Morgan fingerprint density at radius 1 is 1.10 bits per heavy atom. The average Bonchev–Trinajstić information content (AvgIpc) is 2.49. The summed E-state index contributed by atoms with van der Waals surface area (Å²) >= 11 is 0. The summed E-state index contributed by atoms with van der Waals surface area (Å²) in [4.78, 5) is 2.02. The van der Waals surface area contributed by atoms with Crippen LogP contribution >= 0.6 is 0 Å². The van der Waals surface area contributed by atoms with Gasteiger partial charge in [0.25, 0.3) is 0 Å². The van der Waals surface area contributed by atoms with Crippen molar-refractivity contribution in [3.63, 3.8) is 0 Å². The molecule has 4 nitrogen and oxygen atoms in total. The third-order valence-corrected chi connectivity index (χ3v) is 3.42. The second-order valence-corrected chi connectivity index (χ2v) is 4.98. The molecule has 0 aromatic heterocycles. The van der Waals surface area contributed by atoms with Gasteiger partial charge in [-0.2, -0.15) is 0 Å². The van der Waals surface area contributed by atoms with Crippen LogP contribution in [0.15, 0.2) is 42.5 Å². The highest BCUT2D eigenvalue weighted by molar-refractivity contribution is 5.48. The van der Waals surface area contributed by atoms with Gasteiger partial charge >= 0.3 is 0 Å². The molecule has 1 atom stereocenters. The van der Waals surface area contributed by atoms with Gasteiger partial charge in [0, 0.05) is 19.8 Å². The Balaban J connectivity index is 2.32. The molecule has 0 saturated heterocycles. The molecule has 0 radical (unpaired) electrons. The Hall–Kier alpha value is -2.11. The van der Waals surface area contributed by atoms with E-state index in [0.29, 0.717) is 0 Å². The largest absolute Gasteiger partial charge is 0.494 e. The van der Waals surface area contributed by atoms with Crippen molar-refractivity contribution in [3.8, 4) is 5.75 Å². The van der Waals surface area contributed by atoms with E-state index in [-0.39, 0.29) is 11.8 Å². The van der Waals surface area contributed by atoms with E-state index in [2.05, 4.69) is 5.43 Å². The van der Waals surface area contributed by atoms with Crippen LogP contribution < -0.4 is 20.9 Å². The molecular weight excluding hydrogens is 269 g/mol. The van der Waals surface area contributed by atoms with Gasteiger partial charge in [-0.1, -0.05) is 18.2 Å². The predicted molar refractivity (Wildman–Crippen MR) is 82.9 cm³/mol. The van der Waals surface area contributed by atoms with Crippen molar-refractivity contribution in [2.75, 3.05) is 26.1 Å². The van der Waals surface area contributed by atoms with Crippen LogP contribution in [0.3, 0.4) is 0 Å². The number of anilines is 1. The quantitative estimate of drug-likeness (QED) is 0.656. The van der Waals surface area contributed by atoms with Gasteiger partial charge in [-0.05, 0) is 35.4 Å². The van der Waals surface area contributed by atoms with Gasteiger partial charge in [0.1, 0.15) is 0 Å². The number of hydrogen-bond donors (Lipinski definition) is 2. The minimum atomic E-state index is -0.403. The fraction of sp³-hybridized carbons (Fsp3) is 0.250. The smallest absolute Gasteiger partial charge is 0.165 e. The summed E-state index contributed by atoms with van der Waals surface area (Å²) < 4.78 is 18.8. The van der Waals surface area contributed by atoms with E-state index in [1.165, 1.54) is 13.2 Å². The summed E-state index contributed by atoms with van der Waals surface area (Å²) in [6.07, 6.45) is 0. The second-order valence-electron chi connectivity index (χ2n) is 4.98. The predicted octanol–water partition coefficient (Wildman–Crippen LogP) is 2.45. The standard InChI is InChI=1S/C16H20FN3O/c1-20(2)13-7-4-11(5-8-13)16(19-18)12-6-9-15(21-3)14(17)10-12/h4-10,16,19H,18H2,1-3H3. The summed E-state index contributed by atoms with van der Waals surface area (Å²) in [6, 6.07) is 12.5. The molecule has 0 bridgehead atoms. The highest BCUT2D eigenvalue weighted by Crippen LogP contribution is 2.27. The van der Waals surface area contributed by atoms with E-state index in [1.807, 2.05) is 43.3 Å². The van der Waals surface area contributed by atoms with Gasteiger partial charge in [-0.3, -0.25) is 5.84 Å². The molecule has 0 heterocycles. The number of nitrogens with zero attached hydrogens (tertiary/aromatic N) is 1. The first-order chi connectivity index (χ1) is 10.1. The fourth-order valence-corrected chi connectivity index (χ4v) is 2.21. The number of halogens is 1. The molecule has 2 rings (SSSR count). The monoisotopic (exact) mass is 289 g/mol. The Labute approximate surface area is 124 Å². The number of hydrazine groups is 1. The zero-order valence-electron chi connectivity index (χ0n) is 12.4. The van der Waals surface area contributed by atoms with Gasteiger partial charge in [0.05, 0.1) is 13.2 Å². The lowest BCUT2D eigenvalue weighted by molar-refractivity contribution is 0.385. The maximum Gasteiger partial charge on any atom is 0.165 e. The van der Waals surface area contributed by atoms with Crippen LogP contribution in [0.25, 0.3) is 0 Å². The SMILES string of the molecule is COc1ccc(C(NN)c2ccc(N(C)C)cc2)cc1F. The molecule has 2 aromatic rings. The molecule has 5 heteroatoms. The normalized spacial score (nSPS) is 12.0. The zero-order chi connectivity index (χ0) is 15.4. The molecule has 2 aromatic carbocycles. The summed E-state index contributed by atoms with van der Waals surface area (Å²) in [5.41, 5.74) is 5.53. The molecule has 21 heavy (non-hydrogen) atoms. The lowest BCUT2D eigenvalue weighted by atomic mass is 9.98. The fourth-order valence-electron chi connectivity index (χ4n) is 2.21. The Bertz CT molecular complexity index is 599. The number of ether oxygens (including phenoxy) is 1. The molecule has 3 N–H and O–H groups in total. The van der Waals surface area contributed by atoms with E-state index >= 15 is 0 Å². The van der Waals surface area contributed by atoms with E-state index < -0.39 is 5.82 Å². The zero-order valence-corrected chi connectivity index (χ0v) is 12.4. The number of rotatable bonds is 5. The molecule has 0 saturated carbocycles. The van der Waals surface area contributed by atoms with Crippen LogP contribution in [0.2, 0.25) is 0 Å². The van der Waals surface area contributed by atoms with Crippen molar-refractivity contribution in [1.29, 1.82) is 0 Å². The van der Waals surface area contributed by atoms with Gasteiger partial charge in [-0.25, -0.2) is 9.82 Å². The summed E-state index contributed by atoms with van der Waals surface area (Å²) in [7, 11) is 5.40. The topological polar surface area (TPSA) is 50.5 Å². The average molecular weight is 289 g/mol. The van der Waals surface area contributed by atoms with Crippen molar-refractivity contribution >= 4 is 5.69 Å². The van der Waals surface area contributed by atoms with Gasteiger partial charge in [-0.15, -0.1) is 0 Å². The van der Waals surface area contributed by atoms with Crippen LogP contribution in [0.4, 0.5) is 10.1 Å². The van der Waals surface area contributed by atoms with Gasteiger partial charge in [0.15, 0.2) is 11.6 Å². The molecule has 0 aliphatic heterocycles. The lowest BCUT2D eigenvalue weighted by Crippen LogP contribution is -2.29. The summed E-state index contributed by atoms with van der Waals surface area (Å²) in [5, 5.41) is 0. The Kier molecular flexibility index (Phi) is 4.77. The number of benzene rings is 2. The first-order valence-electron chi connectivity index (χ1n) is 6.63. The molecule has 0 aliphatic rings. The van der Waals surface area contributed by atoms with E-state index in [9.17, 15) is 4.39 Å². The molecule has 1 unspecified atom stereocenters. The highest BCUT2D eigenvalue weighted by Gasteiger charge is 2.15. The van der Waals surface area contributed by atoms with Gasteiger partial charge < -0.3 is 9.64 Å². The first kappa shape index (κ1) is 15.3. The third-order valence-electron chi connectivity index (χ3n) is 3.42. The maximum absolute atomic E-state index is 13.8. The van der Waals surface area contributed by atoms with Crippen LogP contribution in [0.5, 0.6) is 5.75 Å². The van der Waals surface area contributed by atoms with Crippen molar-refractivity contribution in [1.82, 2.24) is 5.43 Å². The van der Waals surface area contributed by atoms with Crippen molar-refractivity contribution in [3.05, 3.63) is 59.4 Å². The number of nitrogens with one attached hydrogen (secondary N) is 1. The van der Waals surface area contributed by atoms with Crippen LogP contribution in [-0.2, 0) is 0 Å². The number of methoxy groups -OCH3 is 1. The molecule has 0 aliphatic carbocycles. The van der Waals surface area contributed by atoms with Crippen molar-refractivity contribution in [2.24, 2.45) is 5.84 Å². The van der Waals surface area contributed by atoms with E-state index in [0.717, 1.165) is 16.8 Å². The maximum atomic E-state index is 13.8. The molecule has 112 valence electrons. The van der Waals surface area contributed by atoms with Crippen molar-refractivity contribution in [2.45, 2.75) is 6.04 Å². The van der Waals surface area contributed by atoms with E-state index in [1.54, 1.807) is 12.1 Å². The lowest BCUT2D eigenvalue weighted by Gasteiger charge is -2.19. The van der Waals surface area contributed by atoms with Crippen LogP contribution in [0, 0.1) is 5.82 Å². The minimum Gasteiger partial charge on any atom is -0.494 e. The van der Waals surface area contributed by atoms with Crippen LogP contribution in [-0.4, -0.2) is 21.2 Å². The van der Waals surface area contributed by atoms with E-state index in [4.69, 9.17) is 10.6 Å². The first-order valence-corrected chi connectivity index (χ1v) is 6.63. The van der Waals surface area contributed by atoms with Gasteiger partial charge in [0.2, 0.25) is 0 Å². The highest BCUT2D eigenvalue weighted by atomic mass is 19.1.